The van der Waals surface area contributed by atoms with Crippen LogP contribution in [-0.2, 0) is 14.9 Å². The second kappa shape index (κ2) is 4.73. The van der Waals surface area contributed by atoms with Crippen LogP contribution in [0.2, 0.25) is 0 Å². The molecule has 2 atom stereocenters. The van der Waals surface area contributed by atoms with Crippen LogP contribution in [0.1, 0.15) is 31.4 Å². The maximum atomic E-state index is 12.3. The van der Waals surface area contributed by atoms with Crippen LogP contribution in [0, 0.1) is 12.8 Å². The molecule has 1 saturated carbocycles. The van der Waals surface area contributed by atoms with Gasteiger partial charge in [-0.25, -0.2) is 0 Å². The van der Waals surface area contributed by atoms with Crippen LogP contribution in [0.15, 0.2) is 24.3 Å². The van der Waals surface area contributed by atoms with Crippen molar-refractivity contribution in [2.45, 2.75) is 38.7 Å². The summed E-state index contributed by atoms with van der Waals surface area (Å²) < 4.78 is 5.40. The van der Waals surface area contributed by atoms with Gasteiger partial charge in [0.25, 0.3) is 0 Å². The molecule has 1 aliphatic carbocycles. The molecule has 0 radical (unpaired) electrons. The molecule has 98 valence electrons. The molecule has 18 heavy (non-hydrogen) atoms. The molecule has 0 unspecified atom stereocenters. The summed E-state index contributed by atoms with van der Waals surface area (Å²) in [6.07, 6.45) is 0.719. The third-order valence-electron chi connectivity index (χ3n) is 3.66. The number of aryl methyl sites for hydroxylation is 1. The summed E-state index contributed by atoms with van der Waals surface area (Å²) in [4.78, 5) is 12.3. The minimum Gasteiger partial charge on any atom is -0.462 e. The van der Waals surface area contributed by atoms with Gasteiger partial charge in [0.1, 0.15) is 0 Å². The molecular weight excluding hydrogens is 226 g/mol. The molecule has 1 aromatic carbocycles. The molecule has 0 aromatic heterocycles. The summed E-state index contributed by atoms with van der Waals surface area (Å²) in [6, 6.07) is 8.11. The van der Waals surface area contributed by atoms with E-state index in [-0.39, 0.29) is 18.0 Å². The van der Waals surface area contributed by atoms with Gasteiger partial charge >= 0.3 is 5.97 Å². The maximum Gasteiger partial charge on any atom is 0.317 e. The summed E-state index contributed by atoms with van der Waals surface area (Å²) in [5.74, 6) is 0.0864. The second-order valence-corrected chi connectivity index (χ2v) is 5.43. The third-order valence-corrected chi connectivity index (χ3v) is 3.66. The van der Waals surface area contributed by atoms with Crippen LogP contribution < -0.4 is 5.73 Å². The SMILES string of the molecule is Cc1ccc([C@@]2(C(=O)OC(C)C)C[C@@H]2CN)cc1. The van der Waals surface area contributed by atoms with Gasteiger partial charge in [0.2, 0.25) is 0 Å². The van der Waals surface area contributed by atoms with Gasteiger partial charge in [-0.05, 0) is 45.2 Å². The molecule has 0 spiro atoms. The Bertz CT molecular complexity index is 438. The predicted molar refractivity (Wildman–Crippen MR) is 71.2 cm³/mol. The van der Waals surface area contributed by atoms with E-state index in [1.54, 1.807) is 0 Å². The first-order valence-electron chi connectivity index (χ1n) is 6.49. The quantitative estimate of drug-likeness (QED) is 0.830. The van der Waals surface area contributed by atoms with Crippen molar-refractivity contribution in [3.63, 3.8) is 0 Å². The number of nitrogens with two attached hydrogens (primary N) is 1. The van der Waals surface area contributed by atoms with Gasteiger partial charge in [0.15, 0.2) is 0 Å². The highest BCUT2D eigenvalue weighted by atomic mass is 16.5. The standard InChI is InChI=1S/C15H21NO2/c1-10(2)18-14(17)15(8-13(15)9-16)12-6-4-11(3)5-7-12/h4-7,10,13H,8-9,16H2,1-3H3/t13-,15+/m1/s1. The Morgan fingerprint density at radius 1 is 1.44 bits per heavy atom. The van der Waals surface area contributed by atoms with Crippen molar-refractivity contribution in [1.29, 1.82) is 0 Å². The molecule has 1 aromatic rings. The van der Waals surface area contributed by atoms with E-state index >= 15 is 0 Å². The van der Waals surface area contributed by atoms with E-state index in [4.69, 9.17) is 10.5 Å². The first-order chi connectivity index (χ1) is 8.50. The maximum absolute atomic E-state index is 12.3. The molecule has 0 heterocycles. The topological polar surface area (TPSA) is 52.3 Å². The Morgan fingerprint density at radius 2 is 2.06 bits per heavy atom. The lowest BCUT2D eigenvalue weighted by Gasteiger charge is -2.19. The van der Waals surface area contributed by atoms with E-state index in [9.17, 15) is 4.79 Å². The van der Waals surface area contributed by atoms with Crippen LogP contribution in [0.25, 0.3) is 0 Å². The lowest BCUT2D eigenvalue weighted by molar-refractivity contribution is -0.151. The van der Waals surface area contributed by atoms with E-state index in [1.807, 2.05) is 45.0 Å². The number of benzene rings is 1. The van der Waals surface area contributed by atoms with Gasteiger partial charge in [-0.1, -0.05) is 29.8 Å². The molecular formula is C15H21NO2. The predicted octanol–water partition coefficient (Wildman–Crippen LogP) is 2.16. The van der Waals surface area contributed by atoms with E-state index in [1.165, 1.54) is 5.56 Å². The van der Waals surface area contributed by atoms with Gasteiger partial charge in [0, 0.05) is 0 Å². The smallest absolute Gasteiger partial charge is 0.317 e. The highest BCUT2D eigenvalue weighted by Crippen LogP contribution is 2.54. The highest BCUT2D eigenvalue weighted by Gasteiger charge is 2.61. The lowest BCUT2D eigenvalue weighted by atomic mass is 9.92. The van der Waals surface area contributed by atoms with E-state index in [0.29, 0.717) is 6.54 Å². The second-order valence-electron chi connectivity index (χ2n) is 5.43. The van der Waals surface area contributed by atoms with Gasteiger partial charge in [0.05, 0.1) is 11.5 Å². The van der Waals surface area contributed by atoms with Gasteiger partial charge < -0.3 is 10.5 Å². The molecule has 0 amide bonds. The Labute approximate surface area is 108 Å². The van der Waals surface area contributed by atoms with Gasteiger partial charge in [-0.2, -0.15) is 0 Å². The number of esters is 1. The molecule has 2 rings (SSSR count). The monoisotopic (exact) mass is 247 g/mol. The Balaban J connectivity index is 2.28. The number of carbonyl (C=O) groups is 1. The molecule has 2 N–H and O–H groups in total. The molecule has 1 aliphatic rings. The molecule has 0 saturated heterocycles. The van der Waals surface area contributed by atoms with Crippen LogP contribution >= 0.6 is 0 Å². The van der Waals surface area contributed by atoms with Crippen molar-refractivity contribution in [2.24, 2.45) is 11.7 Å². The van der Waals surface area contributed by atoms with Crippen molar-refractivity contribution >= 4 is 5.97 Å². The zero-order valence-corrected chi connectivity index (χ0v) is 11.3. The molecule has 3 nitrogen and oxygen atoms in total. The molecule has 1 fully saturated rings. The average Bonchev–Trinajstić information content (AvgIpc) is 3.05. The fraction of sp³-hybridized carbons (Fsp3) is 0.533. The fourth-order valence-corrected chi connectivity index (χ4v) is 2.51. The van der Waals surface area contributed by atoms with Crippen molar-refractivity contribution < 1.29 is 9.53 Å². The average molecular weight is 247 g/mol. The molecule has 0 bridgehead atoms. The fourth-order valence-electron chi connectivity index (χ4n) is 2.51. The van der Waals surface area contributed by atoms with Crippen LogP contribution in [-0.4, -0.2) is 18.6 Å². The van der Waals surface area contributed by atoms with E-state index in [0.717, 1.165) is 12.0 Å². The number of rotatable bonds is 4. The van der Waals surface area contributed by atoms with Gasteiger partial charge in [-0.15, -0.1) is 0 Å². The minimum atomic E-state index is -0.493. The summed E-state index contributed by atoms with van der Waals surface area (Å²) in [7, 11) is 0. The minimum absolute atomic E-state index is 0.0844. The first-order valence-corrected chi connectivity index (χ1v) is 6.49. The Kier molecular flexibility index (Phi) is 3.44. The van der Waals surface area contributed by atoms with Gasteiger partial charge in [-0.3, -0.25) is 4.79 Å². The van der Waals surface area contributed by atoms with E-state index < -0.39 is 5.41 Å². The zero-order valence-electron chi connectivity index (χ0n) is 11.3. The highest BCUT2D eigenvalue weighted by molar-refractivity contribution is 5.87. The third kappa shape index (κ3) is 2.15. The van der Waals surface area contributed by atoms with Crippen molar-refractivity contribution in [1.82, 2.24) is 0 Å². The Hall–Kier alpha value is -1.35. The Morgan fingerprint density at radius 3 is 2.50 bits per heavy atom. The first kappa shape index (κ1) is 13.1. The van der Waals surface area contributed by atoms with Crippen LogP contribution in [0.4, 0.5) is 0 Å². The number of hydrogen-bond acceptors (Lipinski definition) is 3. The zero-order chi connectivity index (χ0) is 13.3. The summed E-state index contributed by atoms with van der Waals surface area (Å²) in [5, 5.41) is 0. The molecule has 3 heteroatoms. The normalized spacial score (nSPS) is 26.2. The van der Waals surface area contributed by atoms with Crippen molar-refractivity contribution in [3.05, 3.63) is 35.4 Å². The number of carbonyl (C=O) groups excluding carboxylic acids is 1. The lowest BCUT2D eigenvalue weighted by Crippen LogP contribution is -2.29. The van der Waals surface area contributed by atoms with Crippen molar-refractivity contribution in [3.8, 4) is 0 Å². The van der Waals surface area contributed by atoms with Crippen LogP contribution in [0.3, 0.4) is 0 Å². The van der Waals surface area contributed by atoms with Crippen molar-refractivity contribution in [2.75, 3.05) is 6.54 Å². The summed E-state index contributed by atoms with van der Waals surface area (Å²) in [6.45, 7) is 6.32. The largest absolute Gasteiger partial charge is 0.462 e. The van der Waals surface area contributed by atoms with Crippen LogP contribution in [0.5, 0.6) is 0 Å². The summed E-state index contributed by atoms with van der Waals surface area (Å²) >= 11 is 0. The summed E-state index contributed by atoms with van der Waals surface area (Å²) in [5.41, 5.74) is 7.47. The molecule has 0 aliphatic heterocycles. The van der Waals surface area contributed by atoms with E-state index in [2.05, 4.69) is 0 Å². The number of ether oxygens (including phenoxy) is 1. The number of hydrogen-bond donors (Lipinski definition) is 1.